The van der Waals surface area contributed by atoms with Crippen LogP contribution in [0.3, 0.4) is 0 Å². The second-order valence-corrected chi connectivity index (χ2v) is 7.40. The summed E-state index contributed by atoms with van der Waals surface area (Å²) in [6.45, 7) is 0. The molecular weight excluding hydrogens is 392 g/mol. The zero-order valence-electron chi connectivity index (χ0n) is 12.8. The van der Waals surface area contributed by atoms with Crippen molar-refractivity contribution in [3.63, 3.8) is 0 Å². The second-order valence-electron chi connectivity index (χ2n) is 6.48. The number of amides is 1. The smallest absolute Gasteiger partial charge is 0.314 e. The molecule has 3 nitrogen and oxygen atoms in total. The molecule has 0 N–H and O–H groups in total. The third kappa shape index (κ3) is 1.75. The Balaban J connectivity index is 1.56. The molecule has 6 heteroatoms. The highest BCUT2D eigenvalue weighted by atomic mass is 79.9. The highest BCUT2D eigenvalue weighted by Crippen LogP contribution is 2.70. The van der Waals surface area contributed by atoms with Crippen LogP contribution in [0, 0.1) is 5.92 Å². The number of ether oxygens (including phenoxy) is 1. The average Bonchev–Trinajstić information content (AvgIpc) is 2.93. The maximum absolute atomic E-state index is 14.7. The van der Waals surface area contributed by atoms with Gasteiger partial charge in [-0.1, -0.05) is 46.3 Å². The highest BCUT2D eigenvalue weighted by Gasteiger charge is 2.95. The van der Waals surface area contributed by atoms with Crippen LogP contribution >= 0.6 is 15.9 Å². The Morgan fingerprint density at radius 3 is 2.36 bits per heavy atom. The van der Waals surface area contributed by atoms with E-state index in [0.29, 0.717) is 17.0 Å². The lowest BCUT2D eigenvalue weighted by Gasteiger charge is -2.21. The van der Waals surface area contributed by atoms with Crippen LogP contribution in [0.2, 0.25) is 0 Å². The summed E-state index contributed by atoms with van der Waals surface area (Å²) in [6, 6.07) is 14.5. The number of carbonyl (C=O) groups excluding carboxylic acids is 1. The molecule has 126 valence electrons. The van der Waals surface area contributed by atoms with Crippen LogP contribution in [0.4, 0.5) is 14.5 Å². The Bertz CT molecular complexity index is 913. The van der Waals surface area contributed by atoms with Crippen LogP contribution < -0.4 is 4.90 Å². The van der Waals surface area contributed by atoms with Crippen molar-refractivity contribution < 1.29 is 18.3 Å². The number of halogens is 3. The lowest BCUT2D eigenvalue weighted by Crippen LogP contribution is -2.38. The third-order valence-electron chi connectivity index (χ3n) is 5.17. The van der Waals surface area contributed by atoms with Gasteiger partial charge >= 0.3 is 5.92 Å². The van der Waals surface area contributed by atoms with Crippen molar-refractivity contribution in [2.24, 2.45) is 5.92 Å². The molecule has 1 spiro atoms. The molecule has 25 heavy (non-hydrogen) atoms. The van der Waals surface area contributed by atoms with Crippen LogP contribution in [-0.2, 0) is 9.53 Å². The zero-order chi connectivity index (χ0) is 17.4. The SMILES string of the molecule is O=C1C2C=C(c3ccc(Br)cc3)OC23C(N1c1ccccc1)C3(F)F. The Hall–Kier alpha value is -2.21. The van der Waals surface area contributed by atoms with E-state index in [1.165, 1.54) is 4.90 Å². The number of alkyl halides is 2. The minimum Gasteiger partial charge on any atom is -0.477 e. The second kappa shape index (κ2) is 4.69. The summed E-state index contributed by atoms with van der Waals surface area (Å²) >= 11 is 3.34. The van der Waals surface area contributed by atoms with Crippen LogP contribution in [0.5, 0.6) is 0 Å². The molecule has 0 radical (unpaired) electrons. The summed E-state index contributed by atoms with van der Waals surface area (Å²) in [5.41, 5.74) is -0.611. The Labute approximate surface area is 151 Å². The van der Waals surface area contributed by atoms with Crippen molar-refractivity contribution in [1.82, 2.24) is 0 Å². The minimum atomic E-state index is -3.07. The Morgan fingerprint density at radius 1 is 1.04 bits per heavy atom. The fourth-order valence-electron chi connectivity index (χ4n) is 3.96. The molecular formula is C19H12BrF2NO2. The quantitative estimate of drug-likeness (QED) is 0.750. The van der Waals surface area contributed by atoms with Crippen LogP contribution in [0.25, 0.3) is 5.76 Å². The van der Waals surface area contributed by atoms with E-state index in [1.54, 1.807) is 48.5 Å². The van der Waals surface area contributed by atoms with Gasteiger partial charge in [-0.2, -0.15) is 8.78 Å². The molecule has 2 aromatic rings. The summed E-state index contributed by atoms with van der Waals surface area (Å²) in [5.74, 6) is -4.03. The molecule has 1 aliphatic carbocycles. The number of benzene rings is 2. The number of para-hydroxylation sites is 1. The van der Waals surface area contributed by atoms with E-state index in [1.807, 2.05) is 12.1 Å². The lowest BCUT2D eigenvalue weighted by molar-refractivity contribution is -0.125. The number of anilines is 1. The van der Waals surface area contributed by atoms with E-state index >= 15 is 0 Å². The first-order valence-corrected chi connectivity index (χ1v) is 8.69. The zero-order valence-corrected chi connectivity index (χ0v) is 14.4. The number of hydrogen-bond donors (Lipinski definition) is 0. The van der Waals surface area contributed by atoms with Gasteiger partial charge in [0, 0.05) is 15.7 Å². The molecule has 0 bridgehead atoms. The summed E-state index contributed by atoms with van der Waals surface area (Å²) in [4.78, 5) is 14.0. The van der Waals surface area contributed by atoms with Gasteiger partial charge in [0.2, 0.25) is 11.5 Å². The minimum absolute atomic E-state index is 0.339. The fraction of sp³-hybridized carbons (Fsp3) is 0.211. The van der Waals surface area contributed by atoms with Gasteiger partial charge in [0.15, 0.2) is 6.04 Å². The first-order chi connectivity index (χ1) is 12.0. The molecule has 3 aliphatic rings. The van der Waals surface area contributed by atoms with Crippen LogP contribution in [0.1, 0.15) is 5.56 Å². The maximum atomic E-state index is 14.7. The molecule has 3 atom stereocenters. The monoisotopic (exact) mass is 403 g/mol. The van der Waals surface area contributed by atoms with E-state index in [2.05, 4.69) is 15.9 Å². The first-order valence-electron chi connectivity index (χ1n) is 7.89. The van der Waals surface area contributed by atoms with Crippen LogP contribution in [-0.4, -0.2) is 23.5 Å². The number of rotatable bonds is 2. The van der Waals surface area contributed by atoms with Crippen molar-refractivity contribution in [2.45, 2.75) is 17.6 Å². The molecule has 2 aliphatic heterocycles. The Kier molecular flexibility index (Phi) is 2.83. The van der Waals surface area contributed by atoms with E-state index in [0.717, 1.165) is 4.47 Å². The van der Waals surface area contributed by atoms with Gasteiger partial charge in [0.1, 0.15) is 11.7 Å². The summed E-state index contributed by atoms with van der Waals surface area (Å²) in [6.07, 6.45) is 1.54. The average molecular weight is 404 g/mol. The molecule has 0 aromatic heterocycles. The number of hydrogen-bond acceptors (Lipinski definition) is 2. The van der Waals surface area contributed by atoms with E-state index < -0.39 is 23.5 Å². The van der Waals surface area contributed by atoms with E-state index in [4.69, 9.17) is 4.74 Å². The lowest BCUT2D eigenvalue weighted by atomic mass is 10.0. The fourth-order valence-corrected chi connectivity index (χ4v) is 4.22. The number of carbonyl (C=O) groups is 1. The van der Waals surface area contributed by atoms with Crippen LogP contribution in [0.15, 0.2) is 65.1 Å². The Morgan fingerprint density at radius 2 is 1.72 bits per heavy atom. The van der Waals surface area contributed by atoms with E-state index in [9.17, 15) is 13.6 Å². The number of piperidine rings is 1. The van der Waals surface area contributed by atoms with Crippen molar-refractivity contribution in [3.8, 4) is 0 Å². The van der Waals surface area contributed by atoms with Gasteiger partial charge in [-0.25, -0.2) is 0 Å². The van der Waals surface area contributed by atoms with Gasteiger partial charge in [-0.05, 0) is 30.3 Å². The highest BCUT2D eigenvalue weighted by molar-refractivity contribution is 9.10. The first kappa shape index (κ1) is 15.1. The molecule has 1 saturated heterocycles. The molecule has 5 rings (SSSR count). The normalized spacial score (nSPS) is 31.2. The van der Waals surface area contributed by atoms with E-state index in [-0.39, 0.29) is 5.91 Å². The van der Waals surface area contributed by atoms with Crippen molar-refractivity contribution >= 4 is 33.3 Å². The van der Waals surface area contributed by atoms with Gasteiger partial charge < -0.3 is 4.74 Å². The maximum Gasteiger partial charge on any atom is 0.314 e. The summed E-state index contributed by atoms with van der Waals surface area (Å²) in [7, 11) is 0. The standard InChI is InChI=1S/C19H12BrF2NO2/c20-12-8-6-11(7-9-12)15-10-14-16(24)23(13-4-2-1-3-5-13)17-18(14,25-15)19(17,21)22/h1-10,14,17H. The summed E-state index contributed by atoms with van der Waals surface area (Å²) < 4.78 is 36.0. The molecule has 3 unspecified atom stereocenters. The molecule has 2 fully saturated rings. The van der Waals surface area contributed by atoms with Gasteiger partial charge in [0.05, 0.1) is 0 Å². The predicted molar refractivity (Wildman–Crippen MR) is 92.1 cm³/mol. The third-order valence-corrected chi connectivity index (χ3v) is 5.70. The summed E-state index contributed by atoms with van der Waals surface area (Å²) in [5, 5.41) is 0. The largest absolute Gasteiger partial charge is 0.477 e. The van der Waals surface area contributed by atoms with Gasteiger partial charge in [-0.3, -0.25) is 9.69 Å². The molecule has 1 amide bonds. The van der Waals surface area contributed by atoms with Gasteiger partial charge in [0.25, 0.3) is 0 Å². The van der Waals surface area contributed by atoms with Crippen molar-refractivity contribution in [1.29, 1.82) is 0 Å². The predicted octanol–water partition coefficient (Wildman–Crippen LogP) is 4.24. The van der Waals surface area contributed by atoms with Crippen molar-refractivity contribution in [2.75, 3.05) is 4.90 Å². The molecule has 2 heterocycles. The number of nitrogens with zero attached hydrogens (tertiary/aromatic N) is 1. The van der Waals surface area contributed by atoms with Gasteiger partial charge in [-0.15, -0.1) is 0 Å². The molecule has 2 aromatic carbocycles. The topological polar surface area (TPSA) is 29.5 Å². The van der Waals surface area contributed by atoms with Crippen molar-refractivity contribution in [3.05, 3.63) is 70.7 Å². The molecule has 1 saturated carbocycles.